The molecule has 1 heterocycles. The Kier molecular flexibility index (Phi) is 7.09. The van der Waals surface area contributed by atoms with Gasteiger partial charge in [0, 0.05) is 26.2 Å². The number of carbonyl (C=O) groups is 1. The first-order valence-electron chi connectivity index (χ1n) is 8.95. The summed E-state index contributed by atoms with van der Waals surface area (Å²) in [5, 5.41) is 3.45. The third-order valence-corrected chi connectivity index (χ3v) is 8.03. The number of halogens is 3. The van der Waals surface area contributed by atoms with Crippen molar-refractivity contribution in [3.05, 3.63) is 57.5 Å². The van der Waals surface area contributed by atoms with Gasteiger partial charge in [0.15, 0.2) is 0 Å². The minimum Gasteiger partial charge on any atom is -0.323 e. The average Bonchev–Trinajstić information content (AvgIpc) is 2.69. The molecule has 0 spiro atoms. The molecule has 1 saturated heterocycles. The standard InChI is InChI=1S/C19H20Cl3N3O3S/c1-13(19(26)23-17-8-3-2-5-14(17)20)24-9-11-25(12-10-24)29(27,28)18-15(21)6-4-7-16(18)22/h2-8,13H,9-12H2,1H3,(H,23,26). The van der Waals surface area contributed by atoms with Crippen molar-refractivity contribution in [3.8, 4) is 0 Å². The van der Waals surface area contributed by atoms with Crippen LogP contribution in [0.25, 0.3) is 0 Å². The Morgan fingerprint density at radius 1 is 0.931 bits per heavy atom. The number of nitrogens with one attached hydrogen (secondary N) is 1. The Bertz CT molecular complexity index is 989. The summed E-state index contributed by atoms with van der Waals surface area (Å²) in [6.07, 6.45) is 0. The lowest BCUT2D eigenvalue weighted by atomic mass is 10.2. The fraction of sp³-hybridized carbons (Fsp3) is 0.316. The molecule has 1 aliphatic heterocycles. The van der Waals surface area contributed by atoms with Crippen molar-refractivity contribution in [2.45, 2.75) is 17.9 Å². The third kappa shape index (κ3) is 4.87. The molecule has 156 valence electrons. The first-order valence-corrected chi connectivity index (χ1v) is 11.5. The zero-order chi connectivity index (χ0) is 21.2. The van der Waals surface area contributed by atoms with E-state index in [1.807, 2.05) is 4.90 Å². The summed E-state index contributed by atoms with van der Waals surface area (Å²) in [7, 11) is -3.82. The highest BCUT2D eigenvalue weighted by molar-refractivity contribution is 7.89. The van der Waals surface area contributed by atoms with E-state index >= 15 is 0 Å². The summed E-state index contributed by atoms with van der Waals surface area (Å²) < 4.78 is 27.3. The SMILES string of the molecule is CC(C(=O)Nc1ccccc1Cl)N1CCN(S(=O)(=O)c2c(Cl)cccc2Cl)CC1. The van der Waals surface area contributed by atoms with Crippen molar-refractivity contribution in [2.75, 3.05) is 31.5 Å². The lowest BCUT2D eigenvalue weighted by molar-refractivity contribution is -0.121. The van der Waals surface area contributed by atoms with E-state index < -0.39 is 16.1 Å². The van der Waals surface area contributed by atoms with E-state index in [1.165, 1.54) is 16.4 Å². The predicted molar refractivity (Wildman–Crippen MR) is 116 cm³/mol. The largest absolute Gasteiger partial charge is 0.323 e. The van der Waals surface area contributed by atoms with Gasteiger partial charge in [0.2, 0.25) is 15.9 Å². The van der Waals surface area contributed by atoms with Crippen LogP contribution in [-0.4, -0.2) is 55.8 Å². The Morgan fingerprint density at radius 3 is 2.07 bits per heavy atom. The van der Waals surface area contributed by atoms with Gasteiger partial charge in [-0.25, -0.2) is 8.42 Å². The van der Waals surface area contributed by atoms with Gasteiger partial charge in [-0.1, -0.05) is 53.0 Å². The zero-order valence-corrected chi connectivity index (χ0v) is 18.7. The molecule has 10 heteroatoms. The van der Waals surface area contributed by atoms with Crippen LogP contribution in [0.3, 0.4) is 0 Å². The molecule has 2 aromatic rings. The molecule has 1 amide bonds. The van der Waals surface area contributed by atoms with Gasteiger partial charge in [0.1, 0.15) is 4.90 Å². The second-order valence-corrected chi connectivity index (χ2v) is 9.73. The van der Waals surface area contributed by atoms with E-state index in [0.717, 1.165) is 0 Å². The second-order valence-electron chi connectivity index (χ2n) is 6.64. The van der Waals surface area contributed by atoms with E-state index in [4.69, 9.17) is 34.8 Å². The van der Waals surface area contributed by atoms with Crippen LogP contribution in [0, 0.1) is 0 Å². The molecule has 0 bridgehead atoms. The van der Waals surface area contributed by atoms with Gasteiger partial charge in [-0.15, -0.1) is 0 Å². The van der Waals surface area contributed by atoms with Crippen molar-refractivity contribution in [1.82, 2.24) is 9.21 Å². The van der Waals surface area contributed by atoms with Crippen molar-refractivity contribution in [3.63, 3.8) is 0 Å². The van der Waals surface area contributed by atoms with Crippen molar-refractivity contribution in [2.24, 2.45) is 0 Å². The van der Waals surface area contributed by atoms with E-state index in [9.17, 15) is 13.2 Å². The summed E-state index contributed by atoms with van der Waals surface area (Å²) in [6.45, 7) is 3.04. The zero-order valence-electron chi connectivity index (χ0n) is 15.6. The normalized spacial score (nSPS) is 17.1. The van der Waals surface area contributed by atoms with Gasteiger partial charge in [0.05, 0.1) is 26.8 Å². The molecular weight excluding hydrogens is 457 g/mol. The molecular formula is C19H20Cl3N3O3S. The molecule has 0 aliphatic carbocycles. The van der Waals surface area contributed by atoms with Crippen LogP contribution in [0.15, 0.2) is 47.4 Å². The fourth-order valence-corrected chi connectivity index (χ4v) is 5.85. The van der Waals surface area contributed by atoms with Crippen molar-refractivity contribution >= 4 is 56.4 Å². The first-order chi connectivity index (χ1) is 13.7. The summed E-state index contributed by atoms with van der Waals surface area (Å²) in [5.41, 5.74) is 0.542. The number of para-hydroxylation sites is 1. The minimum absolute atomic E-state index is 0.0821. The molecule has 1 unspecified atom stereocenters. The molecule has 1 N–H and O–H groups in total. The highest BCUT2D eigenvalue weighted by Crippen LogP contribution is 2.32. The Morgan fingerprint density at radius 2 is 1.48 bits per heavy atom. The van der Waals surface area contributed by atoms with Crippen LogP contribution < -0.4 is 5.32 Å². The Labute approximate surface area is 185 Å². The van der Waals surface area contributed by atoms with Crippen LogP contribution in [-0.2, 0) is 14.8 Å². The molecule has 2 aromatic carbocycles. The third-order valence-electron chi connectivity index (χ3n) is 4.85. The molecule has 0 saturated carbocycles. The molecule has 0 aromatic heterocycles. The number of piperazine rings is 1. The number of hydrogen-bond donors (Lipinski definition) is 1. The van der Waals surface area contributed by atoms with Crippen LogP contribution in [0.2, 0.25) is 15.1 Å². The van der Waals surface area contributed by atoms with Crippen LogP contribution >= 0.6 is 34.8 Å². The molecule has 0 radical (unpaired) electrons. The first kappa shape index (κ1) is 22.3. The fourth-order valence-electron chi connectivity index (χ4n) is 3.15. The highest BCUT2D eigenvalue weighted by atomic mass is 35.5. The van der Waals surface area contributed by atoms with Gasteiger partial charge >= 0.3 is 0 Å². The summed E-state index contributed by atoms with van der Waals surface area (Å²) in [6, 6.07) is 11.1. The monoisotopic (exact) mass is 475 g/mol. The second kappa shape index (κ2) is 9.20. The average molecular weight is 477 g/mol. The number of carbonyl (C=O) groups excluding carboxylic acids is 1. The number of sulfonamides is 1. The number of benzene rings is 2. The van der Waals surface area contributed by atoms with Gasteiger partial charge in [-0.05, 0) is 31.2 Å². The molecule has 29 heavy (non-hydrogen) atoms. The van der Waals surface area contributed by atoms with Crippen LogP contribution in [0.4, 0.5) is 5.69 Å². The number of rotatable bonds is 5. The Hall–Kier alpha value is -1.35. The maximum Gasteiger partial charge on any atom is 0.246 e. The number of hydrogen-bond acceptors (Lipinski definition) is 4. The van der Waals surface area contributed by atoms with E-state index in [-0.39, 0.29) is 33.9 Å². The molecule has 1 aliphatic rings. The molecule has 3 rings (SSSR count). The van der Waals surface area contributed by atoms with Gasteiger partial charge < -0.3 is 5.32 Å². The maximum atomic E-state index is 13.0. The van der Waals surface area contributed by atoms with Gasteiger partial charge in [0.25, 0.3) is 0 Å². The molecule has 1 atom stereocenters. The predicted octanol–water partition coefficient (Wildman–Crippen LogP) is 3.98. The summed E-state index contributed by atoms with van der Waals surface area (Å²) in [4.78, 5) is 14.4. The molecule has 6 nitrogen and oxygen atoms in total. The number of anilines is 1. The smallest absolute Gasteiger partial charge is 0.246 e. The number of amides is 1. The van der Waals surface area contributed by atoms with Crippen molar-refractivity contribution < 1.29 is 13.2 Å². The maximum absolute atomic E-state index is 13.0. The topological polar surface area (TPSA) is 69.7 Å². The summed E-state index contributed by atoms with van der Waals surface area (Å²) in [5.74, 6) is -0.205. The van der Waals surface area contributed by atoms with Crippen molar-refractivity contribution in [1.29, 1.82) is 0 Å². The van der Waals surface area contributed by atoms with E-state index in [0.29, 0.717) is 23.8 Å². The van der Waals surface area contributed by atoms with Crippen LogP contribution in [0.1, 0.15) is 6.92 Å². The van der Waals surface area contributed by atoms with Gasteiger partial charge in [-0.2, -0.15) is 4.31 Å². The highest BCUT2D eigenvalue weighted by Gasteiger charge is 2.34. The Balaban J connectivity index is 1.65. The lowest BCUT2D eigenvalue weighted by Gasteiger charge is -2.36. The van der Waals surface area contributed by atoms with Crippen LogP contribution in [0.5, 0.6) is 0 Å². The van der Waals surface area contributed by atoms with E-state index in [2.05, 4.69) is 5.32 Å². The quantitative estimate of drug-likeness (QED) is 0.709. The molecule has 1 fully saturated rings. The summed E-state index contributed by atoms with van der Waals surface area (Å²) >= 11 is 18.2. The lowest BCUT2D eigenvalue weighted by Crippen LogP contribution is -2.54. The minimum atomic E-state index is -3.82. The van der Waals surface area contributed by atoms with Gasteiger partial charge in [-0.3, -0.25) is 9.69 Å². The number of nitrogens with zero attached hydrogens (tertiary/aromatic N) is 2. The van der Waals surface area contributed by atoms with E-state index in [1.54, 1.807) is 37.3 Å².